The Morgan fingerprint density at radius 1 is 1.04 bits per heavy atom. The van der Waals surface area contributed by atoms with Crippen LogP contribution >= 0.6 is 0 Å². The zero-order valence-corrected chi connectivity index (χ0v) is 31.5. The molecule has 14 heteroatoms. The van der Waals surface area contributed by atoms with Crippen LogP contribution in [0.15, 0.2) is 47.9 Å². The van der Waals surface area contributed by atoms with Gasteiger partial charge in [-0.2, -0.15) is 0 Å². The summed E-state index contributed by atoms with van der Waals surface area (Å²) in [6, 6.07) is 3.65. The van der Waals surface area contributed by atoms with Gasteiger partial charge in [0.1, 0.15) is 12.1 Å². The van der Waals surface area contributed by atoms with E-state index < -0.39 is 69.1 Å². The lowest BCUT2D eigenvalue weighted by Crippen LogP contribution is -2.62. The number of piperidine rings is 1. The van der Waals surface area contributed by atoms with E-state index in [4.69, 9.17) is 0 Å². The summed E-state index contributed by atoms with van der Waals surface area (Å²) in [4.78, 5) is 69.0. The highest BCUT2D eigenvalue weighted by molar-refractivity contribution is 7.89. The molecule has 0 aromatic heterocycles. The number of sulfonamides is 1. The number of hydrogen-bond donors (Lipinski definition) is 5. The Bertz CT molecular complexity index is 1520. The van der Waals surface area contributed by atoms with Gasteiger partial charge in [-0.25, -0.2) is 17.9 Å². The predicted molar refractivity (Wildman–Crippen MR) is 191 cm³/mol. The van der Waals surface area contributed by atoms with Gasteiger partial charge in [-0.05, 0) is 47.1 Å². The van der Waals surface area contributed by atoms with Crippen molar-refractivity contribution < 1.29 is 32.4 Å². The van der Waals surface area contributed by atoms with Gasteiger partial charge in [-0.1, -0.05) is 92.5 Å². The number of carbonyl (C=O) groups is 5. The number of nitrogens with zero attached hydrogens (tertiary/aromatic N) is 1. The molecule has 13 nitrogen and oxygen atoms in total. The summed E-state index contributed by atoms with van der Waals surface area (Å²) in [6.45, 7) is 19.0. The average molecular weight is 717 g/mol. The number of benzene rings is 1. The molecule has 5 amide bonds. The molecule has 1 saturated carbocycles. The summed E-state index contributed by atoms with van der Waals surface area (Å²) in [5, 5.41) is 10.9. The van der Waals surface area contributed by atoms with Gasteiger partial charge >= 0.3 is 6.03 Å². The Morgan fingerprint density at radius 2 is 1.68 bits per heavy atom. The van der Waals surface area contributed by atoms with Crippen molar-refractivity contribution in [3.05, 3.63) is 43.0 Å². The average Bonchev–Trinajstić information content (AvgIpc) is 3.35. The summed E-state index contributed by atoms with van der Waals surface area (Å²) in [5.74, 6) is -2.81. The number of amides is 5. The molecule has 2 fully saturated rings. The lowest BCUT2D eigenvalue weighted by molar-refractivity contribution is -0.145. The molecule has 278 valence electrons. The van der Waals surface area contributed by atoms with Crippen LogP contribution in [0, 0.1) is 28.6 Å². The largest absolute Gasteiger partial charge is 0.346 e. The molecule has 3 rings (SSSR count). The van der Waals surface area contributed by atoms with Crippen LogP contribution in [-0.4, -0.2) is 86.7 Å². The number of likely N-dealkylation sites (tertiary alicyclic amines) is 1. The van der Waals surface area contributed by atoms with Gasteiger partial charge in [0, 0.05) is 25.7 Å². The van der Waals surface area contributed by atoms with Crippen molar-refractivity contribution in [2.45, 2.75) is 104 Å². The molecular weight excluding hydrogens is 660 g/mol. The molecule has 1 aromatic rings. The van der Waals surface area contributed by atoms with Crippen molar-refractivity contribution in [1.82, 2.24) is 30.9 Å². The van der Waals surface area contributed by atoms with Crippen LogP contribution < -0.4 is 26.0 Å². The van der Waals surface area contributed by atoms with Crippen LogP contribution in [-0.2, 0) is 29.2 Å². The highest BCUT2D eigenvalue weighted by Gasteiger charge is 2.70. The minimum atomic E-state index is -3.82. The van der Waals surface area contributed by atoms with Crippen LogP contribution in [0.5, 0.6) is 0 Å². The van der Waals surface area contributed by atoms with Gasteiger partial charge in [0.15, 0.2) is 0 Å². The number of Topliss-reactive ketones (excluding diaryl/α,β-unsaturated/α-hetero) is 1. The fraction of sp³-hybridized carbons (Fsp3) is 0.639. The molecule has 2 aliphatic rings. The Hall–Kier alpha value is -3.78. The summed E-state index contributed by atoms with van der Waals surface area (Å²) < 4.78 is 28.2. The minimum Gasteiger partial charge on any atom is -0.346 e. The molecule has 1 unspecified atom stereocenters. The lowest BCUT2D eigenvalue weighted by atomic mass is 9.85. The fourth-order valence-corrected chi connectivity index (χ4v) is 7.73. The number of fused-ring (bicyclic) bond motifs is 1. The molecule has 5 N–H and O–H groups in total. The van der Waals surface area contributed by atoms with Crippen LogP contribution in [0.3, 0.4) is 0 Å². The van der Waals surface area contributed by atoms with Gasteiger partial charge in [0.25, 0.3) is 5.91 Å². The van der Waals surface area contributed by atoms with Gasteiger partial charge in [0.05, 0.1) is 10.9 Å². The highest BCUT2D eigenvalue weighted by Crippen LogP contribution is 2.65. The monoisotopic (exact) mass is 716 g/mol. The Kier molecular flexibility index (Phi) is 13.4. The molecule has 1 aliphatic heterocycles. The van der Waals surface area contributed by atoms with Gasteiger partial charge in [-0.3, -0.25) is 19.2 Å². The second-order valence-electron chi connectivity index (χ2n) is 15.4. The third-order valence-corrected chi connectivity index (χ3v) is 11.4. The molecule has 1 heterocycles. The van der Waals surface area contributed by atoms with E-state index in [1.54, 1.807) is 39.0 Å². The maximum atomic E-state index is 14.3. The maximum absolute atomic E-state index is 14.3. The van der Waals surface area contributed by atoms with Crippen molar-refractivity contribution in [2.75, 3.05) is 19.6 Å². The van der Waals surface area contributed by atoms with E-state index >= 15 is 0 Å². The molecule has 0 radical (unpaired) electrons. The summed E-state index contributed by atoms with van der Waals surface area (Å²) >= 11 is 0. The third-order valence-electron chi connectivity index (χ3n) is 9.93. The minimum absolute atomic E-state index is 0.0419. The third kappa shape index (κ3) is 9.71. The van der Waals surface area contributed by atoms with Gasteiger partial charge < -0.3 is 26.2 Å². The quantitative estimate of drug-likeness (QED) is 0.121. The summed E-state index contributed by atoms with van der Waals surface area (Å²) in [7, 11) is -3.82. The van der Waals surface area contributed by atoms with E-state index in [2.05, 4.69) is 32.6 Å². The highest BCUT2D eigenvalue weighted by atomic mass is 32.2. The second kappa shape index (κ2) is 16.5. The summed E-state index contributed by atoms with van der Waals surface area (Å²) in [6.07, 6.45) is 3.08. The first-order chi connectivity index (χ1) is 23.3. The summed E-state index contributed by atoms with van der Waals surface area (Å²) in [5.41, 5.74) is -0.995. The van der Waals surface area contributed by atoms with Crippen LogP contribution in [0.2, 0.25) is 0 Å². The topological polar surface area (TPSA) is 183 Å². The van der Waals surface area contributed by atoms with Crippen molar-refractivity contribution in [2.24, 2.45) is 28.6 Å². The number of ketones is 1. The lowest BCUT2D eigenvalue weighted by Gasteiger charge is -2.38. The van der Waals surface area contributed by atoms with Crippen molar-refractivity contribution >= 4 is 39.6 Å². The van der Waals surface area contributed by atoms with Crippen LogP contribution in [0.1, 0.15) is 74.7 Å². The molecule has 50 heavy (non-hydrogen) atoms. The van der Waals surface area contributed by atoms with E-state index in [9.17, 15) is 32.4 Å². The molecule has 6 atom stereocenters. The first kappa shape index (κ1) is 40.6. The van der Waals surface area contributed by atoms with Crippen molar-refractivity contribution in [3.63, 3.8) is 0 Å². The zero-order valence-electron chi connectivity index (χ0n) is 30.7. The Labute approximate surface area is 297 Å². The van der Waals surface area contributed by atoms with E-state index in [0.29, 0.717) is 13.0 Å². The number of unbranched alkanes of at least 4 members (excludes halogenated alkanes) is 1. The van der Waals surface area contributed by atoms with Crippen molar-refractivity contribution in [3.8, 4) is 0 Å². The molecule has 1 aromatic carbocycles. The van der Waals surface area contributed by atoms with Gasteiger partial charge in [0.2, 0.25) is 27.6 Å². The predicted octanol–water partition coefficient (Wildman–Crippen LogP) is 2.73. The van der Waals surface area contributed by atoms with E-state index in [0.717, 1.165) is 6.42 Å². The Balaban J connectivity index is 1.79. The van der Waals surface area contributed by atoms with E-state index in [1.165, 1.54) is 23.1 Å². The number of carbonyl (C=O) groups excluding carboxylic acids is 5. The fourth-order valence-electron chi connectivity index (χ4n) is 6.65. The molecule has 1 aliphatic carbocycles. The van der Waals surface area contributed by atoms with E-state index in [1.807, 2.05) is 34.6 Å². The number of nitrogens with one attached hydrogen (secondary N) is 5. The first-order valence-corrected chi connectivity index (χ1v) is 18.9. The number of hydrogen-bond acceptors (Lipinski definition) is 7. The number of urea groups is 1. The number of rotatable bonds is 17. The van der Waals surface area contributed by atoms with Crippen molar-refractivity contribution in [1.29, 1.82) is 0 Å². The van der Waals surface area contributed by atoms with E-state index in [-0.39, 0.29) is 47.6 Å². The SMILES string of the molecule is C=CCNC(=O)C(=O)C(CCCC)NC(=O)[C@@H]1[C@@H]2[C@H](CN1C(=O)[C@@H](NC(=O)N[C@H](CNS(=O)(=O)c1ccccc1)C(C)C)C(C)(C)C)C2(C)C. The van der Waals surface area contributed by atoms with Crippen LogP contribution in [0.4, 0.5) is 4.79 Å². The molecular formula is C36H56N6O7S. The zero-order chi connectivity index (χ0) is 37.6. The molecule has 0 spiro atoms. The standard InChI is InChI=1S/C36H56N6O7S/c1-10-12-18-25(29(43)32(45)37-19-11-2)39-31(44)28-27-24(36(27,8)9)21-42(28)33(46)30(35(5,6)7)41-34(47)40-26(22(3)4)20-38-50(48,49)23-16-14-13-15-17-23/h11,13-17,22,24-28,30,38H,2,10,12,18-21H2,1,3-9H3,(H,37,45)(H,39,44)(H2,40,41,47)/t24-,25?,26+,27-,28-,30+/m0/s1. The van der Waals surface area contributed by atoms with Crippen LogP contribution in [0.25, 0.3) is 0 Å². The van der Waals surface area contributed by atoms with Gasteiger partial charge in [-0.15, -0.1) is 6.58 Å². The molecule has 1 saturated heterocycles. The Morgan fingerprint density at radius 3 is 2.24 bits per heavy atom. The molecule has 0 bridgehead atoms. The smallest absolute Gasteiger partial charge is 0.315 e. The maximum Gasteiger partial charge on any atom is 0.315 e. The second-order valence-corrected chi connectivity index (χ2v) is 17.2. The first-order valence-electron chi connectivity index (χ1n) is 17.4. The normalized spacial score (nSPS) is 21.3.